The predicted molar refractivity (Wildman–Crippen MR) is 107 cm³/mol. The van der Waals surface area contributed by atoms with Crippen LogP contribution >= 0.6 is 0 Å². The standard InChI is InChI=1S/C22H47N/c1-7-9-11-13-15-17-19-21(23(5)6)22(3,4)20-18-16-14-12-10-8-2/h21H,7-20H2,1-6H3. The molecule has 1 heteroatoms. The van der Waals surface area contributed by atoms with Crippen LogP contribution in [0.3, 0.4) is 0 Å². The zero-order valence-electron chi connectivity index (χ0n) is 17.4. The molecule has 0 aliphatic carbocycles. The SMILES string of the molecule is CCCCCCCCC(N(C)C)C(C)(C)CCCCCCCC. The molecule has 1 nitrogen and oxygen atoms in total. The topological polar surface area (TPSA) is 3.24 Å². The lowest BCUT2D eigenvalue weighted by Crippen LogP contribution is -2.41. The summed E-state index contributed by atoms with van der Waals surface area (Å²) in [5, 5.41) is 0. The lowest BCUT2D eigenvalue weighted by molar-refractivity contribution is 0.111. The summed E-state index contributed by atoms with van der Waals surface area (Å²) < 4.78 is 0. The van der Waals surface area contributed by atoms with Crippen LogP contribution in [-0.4, -0.2) is 25.0 Å². The van der Waals surface area contributed by atoms with E-state index >= 15 is 0 Å². The normalized spacial score (nSPS) is 13.7. The Kier molecular flexibility index (Phi) is 14.3. The van der Waals surface area contributed by atoms with Gasteiger partial charge in [0.1, 0.15) is 0 Å². The van der Waals surface area contributed by atoms with Crippen LogP contribution in [0.4, 0.5) is 0 Å². The van der Waals surface area contributed by atoms with E-state index in [0.29, 0.717) is 5.41 Å². The number of rotatable bonds is 16. The molecule has 0 fully saturated rings. The van der Waals surface area contributed by atoms with Crippen molar-refractivity contribution in [2.45, 2.75) is 124 Å². The quantitative estimate of drug-likeness (QED) is 0.266. The average molecular weight is 326 g/mol. The summed E-state index contributed by atoms with van der Waals surface area (Å²) >= 11 is 0. The van der Waals surface area contributed by atoms with E-state index in [2.05, 4.69) is 46.7 Å². The molecule has 140 valence electrons. The third-order valence-electron chi connectivity index (χ3n) is 5.53. The maximum absolute atomic E-state index is 2.50. The monoisotopic (exact) mass is 325 g/mol. The van der Waals surface area contributed by atoms with Crippen LogP contribution in [0, 0.1) is 5.41 Å². The van der Waals surface area contributed by atoms with Crippen molar-refractivity contribution in [3.05, 3.63) is 0 Å². The minimum atomic E-state index is 0.456. The zero-order chi connectivity index (χ0) is 17.6. The fourth-order valence-electron chi connectivity index (χ4n) is 3.99. The molecule has 0 N–H and O–H groups in total. The molecule has 0 aliphatic rings. The third-order valence-corrected chi connectivity index (χ3v) is 5.53. The average Bonchev–Trinajstić information content (AvgIpc) is 2.49. The van der Waals surface area contributed by atoms with E-state index in [4.69, 9.17) is 0 Å². The molecule has 0 aliphatic heterocycles. The van der Waals surface area contributed by atoms with Gasteiger partial charge < -0.3 is 4.90 Å². The van der Waals surface area contributed by atoms with Crippen LogP contribution in [0.15, 0.2) is 0 Å². The lowest BCUT2D eigenvalue weighted by atomic mass is 9.76. The van der Waals surface area contributed by atoms with Crippen LogP contribution in [0.2, 0.25) is 0 Å². The van der Waals surface area contributed by atoms with Crippen LogP contribution < -0.4 is 0 Å². The first kappa shape index (κ1) is 23.0. The second-order valence-corrected chi connectivity index (χ2v) is 8.54. The third kappa shape index (κ3) is 12.0. The smallest absolute Gasteiger partial charge is 0.0140 e. The molecule has 0 radical (unpaired) electrons. The van der Waals surface area contributed by atoms with Crippen molar-refractivity contribution >= 4 is 0 Å². The van der Waals surface area contributed by atoms with Crippen LogP contribution in [0.5, 0.6) is 0 Å². The first-order valence-electron chi connectivity index (χ1n) is 10.6. The lowest BCUT2D eigenvalue weighted by Gasteiger charge is -2.39. The summed E-state index contributed by atoms with van der Waals surface area (Å²) in [5.74, 6) is 0. The molecule has 0 spiro atoms. The highest BCUT2D eigenvalue weighted by Crippen LogP contribution is 2.33. The molecule has 1 atom stereocenters. The molecule has 0 amide bonds. The minimum Gasteiger partial charge on any atom is -0.306 e. The molecule has 23 heavy (non-hydrogen) atoms. The Hall–Kier alpha value is -0.0400. The van der Waals surface area contributed by atoms with Gasteiger partial charge in [-0.15, -0.1) is 0 Å². The maximum atomic E-state index is 2.50. The maximum Gasteiger partial charge on any atom is 0.0140 e. The van der Waals surface area contributed by atoms with Gasteiger partial charge in [0.2, 0.25) is 0 Å². The van der Waals surface area contributed by atoms with Crippen molar-refractivity contribution in [2.75, 3.05) is 14.1 Å². The summed E-state index contributed by atoms with van der Waals surface area (Å²) in [6.45, 7) is 9.60. The molecule has 0 bridgehead atoms. The Morgan fingerprint density at radius 1 is 0.652 bits per heavy atom. The molecular formula is C22H47N. The Balaban J connectivity index is 4.02. The summed E-state index contributed by atoms with van der Waals surface area (Å²) in [7, 11) is 4.56. The highest BCUT2D eigenvalue weighted by atomic mass is 15.1. The van der Waals surface area contributed by atoms with Gasteiger partial charge in [0.05, 0.1) is 0 Å². The molecule has 1 unspecified atom stereocenters. The highest BCUT2D eigenvalue weighted by molar-refractivity contribution is 4.84. The summed E-state index contributed by atoms with van der Waals surface area (Å²) in [6, 6.07) is 0.740. The summed E-state index contributed by atoms with van der Waals surface area (Å²) in [5.41, 5.74) is 0.456. The molecule has 0 aromatic rings. The van der Waals surface area contributed by atoms with Gasteiger partial charge in [-0.25, -0.2) is 0 Å². The number of unbranched alkanes of at least 4 members (excludes halogenated alkanes) is 10. The Labute approximate surface area is 148 Å². The molecule has 0 rings (SSSR count). The van der Waals surface area contributed by atoms with E-state index < -0.39 is 0 Å². The van der Waals surface area contributed by atoms with Gasteiger partial charge in [0.15, 0.2) is 0 Å². The second kappa shape index (κ2) is 14.3. The van der Waals surface area contributed by atoms with E-state index in [1.54, 1.807) is 0 Å². The fraction of sp³-hybridized carbons (Fsp3) is 1.00. The van der Waals surface area contributed by atoms with Crippen LogP contribution in [0.25, 0.3) is 0 Å². The highest BCUT2D eigenvalue weighted by Gasteiger charge is 2.29. The molecule has 0 aromatic heterocycles. The molecule has 0 heterocycles. The summed E-state index contributed by atoms with van der Waals surface area (Å²) in [4.78, 5) is 2.49. The van der Waals surface area contributed by atoms with Gasteiger partial charge >= 0.3 is 0 Å². The van der Waals surface area contributed by atoms with Gasteiger partial charge in [-0.2, -0.15) is 0 Å². The number of hydrogen-bond acceptors (Lipinski definition) is 1. The number of hydrogen-bond donors (Lipinski definition) is 0. The van der Waals surface area contributed by atoms with E-state index in [0.717, 1.165) is 6.04 Å². The predicted octanol–water partition coefficient (Wildman–Crippen LogP) is 7.44. The first-order chi connectivity index (χ1) is 11.0. The van der Waals surface area contributed by atoms with Gasteiger partial charge in [-0.3, -0.25) is 0 Å². The molecule has 0 saturated heterocycles. The van der Waals surface area contributed by atoms with E-state index in [9.17, 15) is 0 Å². The van der Waals surface area contributed by atoms with E-state index in [1.807, 2.05) is 0 Å². The Bertz CT molecular complexity index is 244. The second-order valence-electron chi connectivity index (χ2n) is 8.54. The molecular weight excluding hydrogens is 278 g/mol. The van der Waals surface area contributed by atoms with Gasteiger partial charge in [-0.05, 0) is 32.4 Å². The largest absolute Gasteiger partial charge is 0.306 e. The minimum absolute atomic E-state index is 0.456. The van der Waals surface area contributed by atoms with Crippen molar-refractivity contribution in [3.8, 4) is 0 Å². The Morgan fingerprint density at radius 2 is 1.09 bits per heavy atom. The summed E-state index contributed by atoms with van der Waals surface area (Å²) in [6.07, 6.45) is 19.7. The van der Waals surface area contributed by atoms with E-state index in [1.165, 1.54) is 89.9 Å². The Morgan fingerprint density at radius 3 is 1.57 bits per heavy atom. The van der Waals surface area contributed by atoms with Crippen molar-refractivity contribution < 1.29 is 0 Å². The van der Waals surface area contributed by atoms with E-state index in [-0.39, 0.29) is 0 Å². The van der Waals surface area contributed by atoms with Crippen molar-refractivity contribution in [1.82, 2.24) is 4.90 Å². The van der Waals surface area contributed by atoms with Gasteiger partial charge in [0, 0.05) is 6.04 Å². The van der Waals surface area contributed by atoms with Crippen molar-refractivity contribution in [3.63, 3.8) is 0 Å². The van der Waals surface area contributed by atoms with Crippen LogP contribution in [-0.2, 0) is 0 Å². The zero-order valence-corrected chi connectivity index (χ0v) is 17.4. The van der Waals surface area contributed by atoms with Gasteiger partial charge in [-0.1, -0.05) is 105 Å². The van der Waals surface area contributed by atoms with Crippen molar-refractivity contribution in [2.24, 2.45) is 5.41 Å². The van der Waals surface area contributed by atoms with Crippen LogP contribution in [0.1, 0.15) is 118 Å². The van der Waals surface area contributed by atoms with Crippen molar-refractivity contribution in [1.29, 1.82) is 0 Å². The number of nitrogens with zero attached hydrogens (tertiary/aromatic N) is 1. The molecule has 0 saturated carbocycles. The fourth-order valence-corrected chi connectivity index (χ4v) is 3.99. The first-order valence-corrected chi connectivity index (χ1v) is 10.6. The molecule has 0 aromatic carbocycles. The van der Waals surface area contributed by atoms with Gasteiger partial charge in [0.25, 0.3) is 0 Å².